The van der Waals surface area contributed by atoms with Crippen LogP contribution in [0.3, 0.4) is 0 Å². The highest BCUT2D eigenvalue weighted by atomic mass is 19.1. The molecule has 0 saturated heterocycles. The molecular formula is C16H24FNO. The van der Waals surface area contributed by atoms with Crippen molar-refractivity contribution in [1.29, 1.82) is 0 Å². The van der Waals surface area contributed by atoms with E-state index in [1.165, 1.54) is 25.3 Å². The van der Waals surface area contributed by atoms with Crippen molar-refractivity contribution in [3.8, 4) is 5.75 Å². The van der Waals surface area contributed by atoms with Crippen molar-refractivity contribution < 1.29 is 9.13 Å². The smallest absolute Gasteiger partial charge is 0.131 e. The summed E-state index contributed by atoms with van der Waals surface area (Å²) in [6.07, 6.45) is 3.71. The van der Waals surface area contributed by atoms with Crippen molar-refractivity contribution >= 4 is 0 Å². The number of methoxy groups -OCH3 is 1. The summed E-state index contributed by atoms with van der Waals surface area (Å²) in [7, 11) is 1.55. The van der Waals surface area contributed by atoms with Crippen molar-refractivity contribution in [2.45, 2.75) is 45.7 Å². The number of nitrogens with one attached hydrogen (secondary N) is 1. The fourth-order valence-corrected chi connectivity index (χ4v) is 3.17. The Morgan fingerprint density at radius 1 is 1.21 bits per heavy atom. The molecule has 19 heavy (non-hydrogen) atoms. The van der Waals surface area contributed by atoms with Crippen molar-refractivity contribution in [1.82, 2.24) is 5.32 Å². The second-order valence-electron chi connectivity index (χ2n) is 5.95. The highest BCUT2D eigenvalue weighted by molar-refractivity contribution is 5.28. The maximum absolute atomic E-state index is 13.8. The Balaban J connectivity index is 1.91. The summed E-state index contributed by atoms with van der Waals surface area (Å²) in [5.74, 6) is 1.91. The zero-order valence-corrected chi connectivity index (χ0v) is 12.1. The van der Waals surface area contributed by atoms with Gasteiger partial charge in [0.05, 0.1) is 7.11 Å². The molecule has 0 bridgehead atoms. The molecule has 1 aromatic carbocycles. The Hall–Kier alpha value is -1.09. The van der Waals surface area contributed by atoms with E-state index in [0.717, 1.165) is 11.8 Å². The predicted molar refractivity (Wildman–Crippen MR) is 75.8 cm³/mol. The molecule has 0 spiro atoms. The molecule has 0 heterocycles. The minimum absolute atomic E-state index is 0.191. The number of rotatable bonds is 4. The van der Waals surface area contributed by atoms with Gasteiger partial charge in [0.1, 0.15) is 11.6 Å². The summed E-state index contributed by atoms with van der Waals surface area (Å²) in [5, 5.41) is 3.50. The Kier molecular flexibility index (Phi) is 4.81. The summed E-state index contributed by atoms with van der Waals surface area (Å²) in [6.45, 7) is 5.20. The van der Waals surface area contributed by atoms with E-state index < -0.39 is 0 Å². The minimum Gasteiger partial charge on any atom is -0.497 e. The second kappa shape index (κ2) is 6.38. The second-order valence-corrected chi connectivity index (χ2v) is 5.95. The number of hydrogen-bond donors (Lipinski definition) is 1. The lowest BCUT2D eigenvalue weighted by Gasteiger charge is -2.32. The van der Waals surface area contributed by atoms with Crippen LogP contribution in [0.25, 0.3) is 0 Å². The summed E-state index contributed by atoms with van der Waals surface area (Å²) in [4.78, 5) is 0. The van der Waals surface area contributed by atoms with Crippen LogP contribution in [0.4, 0.5) is 4.39 Å². The van der Waals surface area contributed by atoms with E-state index >= 15 is 0 Å². The van der Waals surface area contributed by atoms with Gasteiger partial charge in [0.2, 0.25) is 0 Å². The van der Waals surface area contributed by atoms with E-state index in [4.69, 9.17) is 4.74 Å². The van der Waals surface area contributed by atoms with Crippen LogP contribution in [-0.2, 0) is 6.54 Å². The van der Waals surface area contributed by atoms with E-state index in [9.17, 15) is 4.39 Å². The molecule has 2 rings (SSSR count). The van der Waals surface area contributed by atoms with E-state index in [1.54, 1.807) is 13.2 Å². The topological polar surface area (TPSA) is 21.3 Å². The molecule has 1 fully saturated rings. The normalized spacial score (nSPS) is 27.3. The predicted octanol–water partition coefficient (Wildman–Crippen LogP) is 3.75. The van der Waals surface area contributed by atoms with Crippen LogP contribution in [0, 0.1) is 17.7 Å². The van der Waals surface area contributed by atoms with E-state index in [-0.39, 0.29) is 5.82 Å². The number of halogens is 1. The first-order valence-corrected chi connectivity index (χ1v) is 7.14. The molecule has 106 valence electrons. The first-order chi connectivity index (χ1) is 9.08. The van der Waals surface area contributed by atoms with Crippen LogP contribution < -0.4 is 10.1 Å². The van der Waals surface area contributed by atoms with Gasteiger partial charge in [0.25, 0.3) is 0 Å². The highest BCUT2D eigenvalue weighted by Gasteiger charge is 2.23. The molecule has 1 saturated carbocycles. The van der Waals surface area contributed by atoms with E-state index in [0.29, 0.717) is 23.9 Å². The van der Waals surface area contributed by atoms with Gasteiger partial charge in [-0.1, -0.05) is 19.9 Å². The maximum atomic E-state index is 13.8. The van der Waals surface area contributed by atoms with Crippen molar-refractivity contribution in [3.63, 3.8) is 0 Å². The van der Waals surface area contributed by atoms with Crippen molar-refractivity contribution in [2.24, 2.45) is 11.8 Å². The monoisotopic (exact) mass is 265 g/mol. The van der Waals surface area contributed by atoms with Gasteiger partial charge in [-0.3, -0.25) is 0 Å². The molecule has 2 unspecified atom stereocenters. The van der Waals surface area contributed by atoms with Crippen LogP contribution in [-0.4, -0.2) is 13.2 Å². The number of benzene rings is 1. The van der Waals surface area contributed by atoms with E-state index in [1.807, 2.05) is 6.07 Å². The van der Waals surface area contributed by atoms with Crippen molar-refractivity contribution in [2.75, 3.05) is 7.11 Å². The standard InChI is InChI=1S/C16H24FNO/c1-11-6-12(2)8-14(7-11)18-10-13-4-5-15(19-3)9-16(13)17/h4-5,9,11-12,14,18H,6-8,10H2,1-3H3. The Labute approximate surface area is 115 Å². The van der Waals surface area contributed by atoms with Crippen LogP contribution in [0.2, 0.25) is 0 Å². The molecule has 2 nitrogen and oxygen atoms in total. The third-order valence-corrected chi connectivity index (χ3v) is 4.02. The van der Waals surface area contributed by atoms with Gasteiger partial charge in [-0.25, -0.2) is 4.39 Å². The minimum atomic E-state index is -0.191. The zero-order chi connectivity index (χ0) is 13.8. The molecule has 0 radical (unpaired) electrons. The van der Waals surface area contributed by atoms with Gasteiger partial charge in [-0.2, -0.15) is 0 Å². The first-order valence-electron chi connectivity index (χ1n) is 7.14. The lowest BCUT2D eigenvalue weighted by atomic mass is 9.80. The third kappa shape index (κ3) is 3.93. The van der Waals surface area contributed by atoms with Crippen LogP contribution >= 0.6 is 0 Å². The summed E-state index contributed by atoms with van der Waals surface area (Å²) >= 11 is 0. The summed E-state index contributed by atoms with van der Waals surface area (Å²) in [5.41, 5.74) is 0.715. The lowest BCUT2D eigenvalue weighted by molar-refractivity contribution is 0.237. The average Bonchev–Trinajstić information content (AvgIpc) is 2.36. The molecular weight excluding hydrogens is 241 g/mol. The van der Waals surface area contributed by atoms with Crippen LogP contribution in [0.15, 0.2) is 18.2 Å². The first kappa shape index (κ1) is 14.3. The van der Waals surface area contributed by atoms with Gasteiger partial charge in [-0.15, -0.1) is 0 Å². The molecule has 1 aliphatic rings. The summed E-state index contributed by atoms with van der Waals surface area (Å²) in [6, 6.07) is 5.58. The zero-order valence-electron chi connectivity index (χ0n) is 12.1. The van der Waals surface area contributed by atoms with E-state index in [2.05, 4.69) is 19.2 Å². The molecule has 0 aliphatic heterocycles. The molecule has 0 amide bonds. The number of hydrogen-bond acceptors (Lipinski definition) is 2. The molecule has 2 atom stereocenters. The molecule has 1 N–H and O–H groups in total. The van der Waals surface area contributed by atoms with Crippen LogP contribution in [0.5, 0.6) is 5.75 Å². The lowest BCUT2D eigenvalue weighted by Crippen LogP contribution is -2.36. The van der Waals surface area contributed by atoms with Crippen LogP contribution in [0.1, 0.15) is 38.7 Å². The average molecular weight is 265 g/mol. The Morgan fingerprint density at radius 2 is 1.89 bits per heavy atom. The quantitative estimate of drug-likeness (QED) is 0.895. The molecule has 0 aromatic heterocycles. The summed E-state index contributed by atoms with van der Waals surface area (Å²) < 4.78 is 18.8. The number of ether oxygens (including phenoxy) is 1. The third-order valence-electron chi connectivity index (χ3n) is 4.02. The SMILES string of the molecule is COc1ccc(CNC2CC(C)CC(C)C2)c(F)c1. The molecule has 3 heteroatoms. The van der Waals surface area contributed by atoms with Crippen molar-refractivity contribution in [3.05, 3.63) is 29.6 Å². The van der Waals surface area contributed by atoms with Gasteiger partial charge < -0.3 is 10.1 Å². The highest BCUT2D eigenvalue weighted by Crippen LogP contribution is 2.28. The fourth-order valence-electron chi connectivity index (χ4n) is 3.17. The molecule has 1 aliphatic carbocycles. The maximum Gasteiger partial charge on any atom is 0.131 e. The van der Waals surface area contributed by atoms with Gasteiger partial charge in [0, 0.05) is 24.2 Å². The van der Waals surface area contributed by atoms with Gasteiger partial charge >= 0.3 is 0 Å². The molecule has 1 aromatic rings. The fraction of sp³-hybridized carbons (Fsp3) is 0.625. The van der Waals surface area contributed by atoms with Gasteiger partial charge in [-0.05, 0) is 37.2 Å². The Morgan fingerprint density at radius 3 is 2.47 bits per heavy atom. The van der Waals surface area contributed by atoms with Gasteiger partial charge in [0.15, 0.2) is 0 Å². The Bertz CT molecular complexity index is 411. The largest absolute Gasteiger partial charge is 0.497 e.